The van der Waals surface area contributed by atoms with E-state index in [2.05, 4.69) is 26.3 Å². The van der Waals surface area contributed by atoms with E-state index in [-0.39, 0.29) is 23.9 Å². The molecule has 2 aromatic rings. The van der Waals surface area contributed by atoms with Crippen LogP contribution in [0.5, 0.6) is 5.75 Å². The Bertz CT molecular complexity index is 905. The van der Waals surface area contributed by atoms with Crippen LogP contribution in [0.2, 0.25) is 0 Å². The first kappa shape index (κ1) is 19.4. The lowest BCUT2D eigenvalue weighted by atomic mass is 10.1. The second kappa shape index (κ2) is 8.20. The van der Waals surface area contributed by atoms with Gasteiger partial charge in [-0.3, -0.25) is 9.59 Å². The number of ether oxygens (including phenoxy) is 1. The average Bonchev–Trinajstić information content (AvgIpc) is 3.24. The van der Waals surface area contributed by atoms with Crippen LogP contribution in [-0.4, -0.2) is 46.0 Å². The Morgan fingerprint density at radius 3 is 2.93 bits per heavy atom. The van der Waals surface area contributed by atoms with Gasteiger partial charge in [0.2, 0.25) is 0 Å². The number of hydrogen-bond acceptors (Lipinski definition) is 6. The summed E-state index contributed by atoms with van der Waals surface area (Å²) in [5.41, 5.74) is 1.84. The number of piperidine rings is 1. The van der Waals surface area contributed by atoms with Gasteiger partial charge in [0.05, 0.1) is 24.0 Å². The summed E-state index contributed by atoms with van der Waals surface area (Å²) < 4.78 is 7.58. The van der Waals surface area contributed by atoms with Gasteiger partial charge in [-0.15, -0.1) is 5.10 Å². The normalized spacial score (nSPS) is 20.3. The molecular weight excluding hydrogens is 372 g/mol. The van der Waals surface area contributed by atoms with Gasteiger partial charge in [0.1, 0.15) is 5.75 Å². The van der Waals surface area contributed by atoms with Crippen molar-refractivity contribution in [1.82, 2.24) is 25.6 Å². The average molecular weight is 398 g/mol. The van der Waals surface area contributed by atoms with E-state index in [9.17, 15) is 9.59 Å². The molecular formula is C20H26N6O3. The first-order valence-electron chi connectivity index (χ1n) is 10.1. The zero-order chi connectivity index (χ0) is 20.4. The highest BCUT2D eigenvalue weighted by molar-refractivity contribution is 5.97. The van der Waals surface area contributed by atoms with Crippen LogP contribution in [0.4, 0.5) is 5.69 Å². The predicted molar refractivity (Wildman–Crippen MR) is 107 cm³/mol. The van der Waals surface area contributed by atoms with Crippen molar-refractivity contribution in [3.8, 4) is 5.75 Å². The van der Waals surface area contributed by atoms with Gasteiger partial charge in [0.15, 0.2) is 11.8 Å². The van der Waals surface area contributed by atoms with Gasteiger partial charge in [-0.05, 0) is 57.0 Å². The number of aromatic nitrogens is 3. The fourth-order valence-corrected chi connectivity index (χ4v) is 3.68. The van der Waals surface area contributed by atoms with E-state index in [0.717, 1.165) is 31.5 Å². The summed E-state index contributed by atoms with van der Waals surface area (Å²) in [5, 5.41) is 17.3. The molecule has 2 aliphatic heterocycles. The third kappa shape index (κ3) is 4.09. The minimum Gasteiger partial charge on any atom is -0.478 e. The molecule has 9 nitrogen and oxygen atoms in total. The summed E-state index contributed by atoms with van der Waals surface area (Å²) >= 11 is 0. The largest absolute Gasteiger partial charge is 0.478 e. The van der Waals surface area contributed by atoms with Crippen LogP contribution in [0.25, 0.3) is 0 Å². The Labute approximate surface area is 169 Å². The van der Waals surface area contributed by atoms with Gasteiger partial charge < -0.3 is 20.7 Å². The molecule has 0 radical (unpaired) electrons. The molecule has 0 saturated carbocycles. The monoisotopic (exact) mass is 398 g/mol. The summed E-state index contributed by atoms with van der Waals surface area (Å²) in [4.78, 5) is 24.5. The molecule has 4 rings (SSSR count). The molecule has 2 amide bonds. The van der Waals surface area contributed by atoms with Crippen molar-refractivity contribution in [3.05, 3.63) is 35.7 Å². The molecule has 3 N–H and O–H groups in total. The highest BCUT2D eigenvalue weighted by Crippen LogP contribution is 2.33. The number of rotatable bonds is 5. The number of fused-ring (bicyclic) bond motifs is 1. The smallest absolute Gasteiger partial charge is 0.273 e. The summed E-state index contributed by atoms with van der Waals surface area (Å²) in [7, 11) is 0. The van der Waals surface area contributed by atoms with Gasteiger partial charge in [0.25, 0.3) is 11.8 Å². The molecule has 2 atom stereocenters. The Kier molecular flexibility index (Phi) is 5.48. The van der Waals surface area contributed by atoms with Crippen molar-refractivity contribution in [2.24, 2.45) is 0 Å². The van der Waals surface area contributed by atoms with Gasteiger partial charge >= 0.3 is 0 Å². The third-order valence-corrected chi connectivity index (χ3v) is 5.47. The Morgan fingerprint density at radius 2 is 2.17 bits per heavy atom. The lowest BCUT2D eigenvalue weighted by Crippen LogP contribution is -2.36. The lowest BCUT2D eigenvalue weighted by Gasteiger charge is -2.26. The van der Waals surface area contributed by atoms with E-state index < -0.39 is 6.10 Å². The van der Waals surface area contributed by atoms with E-state index in [1.165, 1.54) is 0 Å². The maximum Gasteiger partial charge on any atom is 0.273 e. The fraction of sp³-hybridized carbons (Fsp3) is 0.500. The number of nitrogens with zero attached hydrogens (tertiary/aromatic N) is 3. The number of carbonyl (C=O) groups is 2. The molecule has 1 aromatic heterocycles. The number of benzene rings is 1. The highest BCUT2D eigenvalue weighted by atomic mass is 16.5. The van der Waals surface area contributed by atoms with E-state index in [1.54, 1.807) is 16.9 Å². The molecule has 1 saturated heterocycles. The quantitative estimate of drug-likeness (QED) is 0.708. The maximum atomic E-state index is 12.6. The number of hydrogen-bond donors (Lipinski definition) is 3. The Balaban J connectivity index is 1.43. The van der Waals surface area contributed by atoms with Crippen molar-refractivity contribution in [1.29, 1.82) is 0 Å². The molecule has 2 aliphatic rings. The van der Waals surface area contributed by atoms with Crippen LogP contribution in [0.15, 0.2) is 24.4 Å². The van der Waals surface area contributed by atoms with Crippen molar-refractivity contribution in [2.45, 2.75) is 51.3 Å². The van der Waals surface area contributed by atoms with Crippen molar-refractivity contribution >= 4 is 17.5 Å². The van der Waals surface area contributed by atoms with Crippen molar-refractivity contribution in [3.63, 3.8) is 0 Å². The summed E-state index contributed by atoms with van der Waals surface area (Å²) in [5.74, 6) is 0.217. The van der Waals surface area contributed by atoms with Gasteiger partial charge in [-0.1, -0.05) is 18.2 Å². The molecule has 0 spiro atoms. The molecule has 29 heavy (non-hydrogen) atoms. The maximum absolute atomic E-state index is 12.6. The van der Waals surface area contributed by atoms with E-state index in [1.807, 2.05) is 26.0 Å². The van der Waals surface area contributed by atoms with Crippen LogP contribution in [-0.2, 0) is 4.79 Å². The van der Waals surface area contributed by atoms with E-state index >= 15 is 0 Å². The number of nitrogens with one attached hydrogen (secondary N) is 3. The number of amides is 2. The zero-order valence-electron chi connectivity index (χ0n) is 16.6. The second-order valence-corrected chi connectivity index (χ2v) is 7.52. The predicted octanol–water partition coefficient (Wildman–Crippen LogP) is 1.80. The first-order chi connectivity index (χ1) is 14.0. The first-order valence-corrected chi connectivity index (χ1v) is 10.1. The molecule has 1 fully saturated rings. The van der Waals surface area contributed by atoms with Gasteiger partial charge in [-0.2, -0.15) is 0 Å². The number of carbonyl (C=O) groups excluding carboxylic acids is 2. The van der Waals surface area contributed by atoms with Gasteiger partial charge in [0, 0.05) is 0 Å². The summed E-state index contributed by atoms with van der Waals surface area (Å²) in [6.07, 6.45) is 3.77. The van der Waals surface area contributed by atoms with Crippen molar-refractivity contribution < 1.29 is 14.3 Å². The van der Waals surface area contributed by atoms with E-state index in [0.29, 0.717) is 23.6 Å². The molecule has 3 heterocycles. The van der Waals surface area contributed by atoms with Crippen molar-refractivity contribution in [2.75, 3.05) is 18.4 Å². The van der Waals surface area contributed by atoms with Crippen LogP contribution < -0.4 is 20.7 Å². The second-order valence-electron chi connectivity index (χ2n) is 7.52. The lowest BCUT2D eigenvalue weighted by molar-refractivity contribution is -0.123. The van der Waals surface area contributed by atoms with Crippen LogP contribution >= 0.6 is 0 Å². The summed E-state index contributed by atoms with van der Waals surface area (Å²) in [6.45, 7) is 5.69. The van der Waals surface area contributed by atoms with Crippen LogP contribution in [0.3, 0.4) is 0 Å². The standard InChI is InChI=1S/C20H26N6O3/c1-3-17-20(28)23-15-5-4-13(10-18(15)29-17)12(2)22-19(27)16-11-26(25-24-16)14-6-8-21-9-7-14/h4-5,10-12,14,17,21H,3,6-9H2,1-2H3,(H,22,27)(H,23,28). The topological polar surface area (TPSA) is 110 Å². The molecule has 154 valence electrons. The zero-order valence-corrected chi connectivity index (χ0v) is 16.6. The summed E-state index contributed by atoms with van der Waals surface area (Å²) in [6, 6.07) is 5.55. The van der Waals surface area contributed by atoms with Crippen LogP contribution in [0, 0.1) is 0 Å². The van der Waals surface area contributed by atoms with E-state index in [4.69, 9.17) is 4.74 Å². The molecule has 0 aliphatic carbocycles. The Morgan fingerprint density at radius 1 is 1.38 bits per heavy atom. The van der Waals surface area contributed by atoms with Crippen LogP contribution in [0.1, 0.15) is 61.2 Å². The minimum absolute atomic E-state index is 0.133. The minimum atomic E-state index is -0.493. The highest BCUT2D eigenvalue weighted by Gasteiger charge is 2.27. The molecule has 1 aromatic carbocycles. The third-order valence-electron chi connectivity index (χ3n) is 5.47. The fourth-order valence-electron chi connectivity index (χ4n) is 3.68. The molecule has 2 unspecified atom stereocenters. The molecule has 9 heteroatoms. The SMILES string of the molecule is CCC1Oc2cc(C(C)NC(=O)c3cn(C4CCNCC4)nn3)ccc2NC1=O. The molecule has 0 bridgehead atoms. The van der Waals surface area contributed by atoms with Gasteiger partial charge in [-0.25, -0.2) is 4.68 Å². The number of anilines is 1. The Hall–Kier alpha value is -2.94.